The van der Waals surface area contributed by atoms with Crippen molar-refractivity contribution in [1.29, 1.82) is 0 Å². The van der Waals surface area contributed by atoms with Crippen LogP contribution >= 0.6 is 11.3 Å². The molecule has 0 fully saturated rings. The first-order valence-corrected chi connectivity index (χ1v) is 9.78. The minimum atomic E-state index is -0.276. The zero-order chi connectivity index (χ0) is 19.8. The number of carbonyl (C=O) groups excluding carboxylic acids is 2. The lowest BCUT2D eigenvalue weighted by Gasteiger charge is -2.04. The van der Waals surface area contributed by atoms with E-state index in [4.69, 9.17) is 0 Å². The standard InChI is InChI=1S/C20H21N5O2S/c1-14-7-9-16(10-8-14)23-19(27)20-25-24-18(28-20)6-2-5-17(26)22-13-15-4-3-11-21-12-15/h3-4,7-12H,2,5-6,13H2,1H3,(H,22,26)(H,23,27). The third kappa shape index (κ3) is 5.95. The van der Waals surface area contributed by atoms with Crippen LogP contribution in [0.25, 0.3) is 0 Å². The van der Waals surface area contributed by atoms with Crippen molar-refractivity contribution >= 4 is 28.8 Å². The molecule has 0 bridgehead atoms. The molecule has 0 radical (unpaired) electrons. The van der Waals surface area contributed by atoms with Crippen molar-refractivity contribution in [3.63, 3.8) is 0 Å². The number of carbonyl (C=O) groups is 2. The van der Waals surface area contributed by atoms with Gasteiger partial charge in [0.15, 0.2) is 0 Å². The summed E-state index contributed by atoms with van der Waals surface area (Å²) in [4.78, 5) is 28.2. The number of nitrogens with one attached hydrogen (secondary N) is 2. The Kier molecular flexibility index (Phi) is 6.80. The van der Waals surface area contributed by atoms with Gasteiger partial charge in [-0.05, 0) is 37.1 Å². The van der Waals surface area contributed by atoms with Crippen molar-refractivity contribution in [3.8, 4) is 0 Å². The first-order chi connectivity index (χ1) is 13.6. The Labute approximate surface area is 167 Å². The summed E-state index contributed by atoms with van der Waals surface area (Å²) in [6, 6.07) is 11.3. The minimum Gasteiger partial charge on any atom is -0.352 e. The molecule has 2 aromatic heterocycles. The van der Waals surface area contributed by atoms with E-state index >= 15 is 0 Å². The van der Waals surface area contributed by atoms with E-state index in [1.165, 1.54) is 11.3 Å². The van der Waals surface area contributed by atoms with Gasteiger partial charge in [-0.15, -0.1) is 10.2 Å². The molecule has 7 nitrogen and oxygen atoms in total. The van der Waals surface area contributed by atoms with Gasteiger partial charge in [0.25, 0.3) is 5.91 Å². The number of aryl methyl sites for hydroxylation is 2. The molecule has 3 aromatic rings. The zero-order valence-corrected chi connectivity index (χ0v) is 16.3. The van der Waals surface area contributed by atoms with Crippen LogP contribution < -0.4 is 10.6 Å². The molecule has 0 atom stereocenters. The van der Waals surface area contributed by atoms with E-state index in [1.54, 1.807) is 12.4 Å². The number of pyridine rings is 1. The second-order valence-corrected chi connectivity index (χ2v) is 7.37. The van der Waals surface area contributed by atoms with E-state index in [-0.39, 0.29) is 11.8 Å². The number of hydrogen-bond donors (Lipinski definition) is 2. The molecule has 0 aliphatic rings. The smallest absolute Gasteiger partial charge is 0.286 e. The van der Waals surface area contributed by atoms with Crippen LogP contribution in [0.4, 0.5) is 5.69 Å². The maximum Gasteiger partial charge on any atom is 0.286 e. The van der Waals surface area contributed by atoms with Crippen molar-refractivity contribution in [3.05, 3.63) is 69.9 Å². The average Bonchev–Trinajstić information content (AvgIpc) is 3.18. The van der Waals surface area contributed by atoms with Gasteiger partial charge in [0.1, 0.15) is 5.01 Å². The quantitative estimate of drug-likeness (QED) is 0.611. The van der Waals surface area contributed by atoms with Gasteiger partial charge < -0.3 is 10.6 Å². The van der Waals surface area contributed by atoms with E-state index in [1.807, 2.05) is 43.3 Å². The fraction of sp³-hybridized carbons (Fsp3) is 0.250. The minimum absolute atomic E-state index is 0.0225. The van der Waals surface area contributed by atoms with E-state index in [0.29, 0.717) is 30.8 Å². The highest BCUT2D eigenvalue weighted by atomic mass is 32.1. The first-order valence-electron chi connectivity index (χ1n) is 8.96. The number of anilines is 1. The molecule has 8 heteroatoms. The summed E-state index contributed by atoms with van der Waals surface area (Å²) in [6.07, 6.45) is 5.07. The summed E-state index contributed by atoms with van der Waals surface area (Å²) in [5.41, 5.74) is 2.81. The van der Waals surface area contributed by atoms with Crippen molar-refractivity contribution in [1.82, 2.24) is 20.5 Å². The summed E-state index contributed by atoms with van der Waals surface area (Å²) in [5, 5.41) is 14.7. The van der Waals surface area contributed by atoms with E-state index in [2.05, 4.69) is 25.8 Å². The molecule has 28 heavy (non-hydrogen) atoms. The number of hydrogen-bond acceptors (Lipinski definition) is 6. The fourth-order valence-corrected chi connectivity index (χ4v) is 3.24. The molecule has 2 N–H and O–H groups in total. The van der Waals surface area contributed by atoms with Gasteiger partial charge in [-0.1, -0.05) is 35.1 Å². The summed E-state index contributed by atoms with van der Waals surface area (Å²) >= 11 is 1.25. The fourth-order valence-electron chi connectivity index (χ4n) is 2.46. The highest BCUT2D eigenvalue weighted by Gasteiger charge is 2.13. The molecule has 2 amide bonds. The second-order valence-electron chi connectivity index (χ2n) is 6.31. The highest BCUT2D eigenvalue weighted by molar-refractivity contribution is 7.13. The molecule has 1 aromatic carbocycles. The topological polar surface area (TPSA) is 96.9 Å². The van der Waals surface area contributed by atoms with Crippen LogP contribution in [0.2, 0.25) is 0 Å². The molecule has 0 aliphatic heterocycles. The number of rotatable bonds is 8. The third-order valence-corrected chi connectivity index (χ3v) is 4.96. The van der Waals surface area contributed by atoms with Gasteiger partial charge in [0.2, 0.25) is 10.9 Å². The average molecular weight is 395 g/mol. The van der Waals surface area contributed by atoms with Gasteiger partial charge in [0.05, 0.1) is 0 Å². The molecular formula is C20H21N5O2S. The lowest BCUT2D eigenvalue weighted by Crippen LogP contribution is -2.22. The van der Waals surface area contributed by atoms with Crippen LogP contribution in [-0.4, -0.2) is 27.0 Å². The predicted molar refractivity (Wildman–Crippen MR) is 108 cm³/mol. The Bertz CT molecular complexity index is 925. The SMILES string of the molecule is Cc1ccc(NC(=O)c2nnc(CCCC(=O)NCc3cccnc3)s2)cc1. The Morgan fingerprint density at radius 1 is 1.11 bits per heavy atom. The van der Waals surface area contributed by atoms with Crippen LogP contribution in [0.3, 0.4) is 0 Å². The molecule has 0 unspecified atom stereocenters. The van der Waals surface area contributed by atoms with Gasteiger partial charge in [-0.3, -0.25) is 14.6 Å². The van der Waals surface area contributed by atoms with Crippen LogP contribution in [0.1, 0.15) is 38.8 Å². The molecule has 0 saturated heterocycles. The Morgan fingerprint density at radius 3 is 2.68 bits per heavy atom. The van der Waals surface area contributed by atoms with Crippen molar-refractivity contribution < 1.29 is 9.59 Å². The monoisotopic (exact) mass is 395 g/mol. The van der Waals surface area contributed by atoms with Crippen molar-refractivity contribution in [2.24, 2.45) is 0 Å². The third-order valence-electron chi connectivity index (χ3n) is 3.98. The largest absolute Gasteiger partial charge is 0.352 e. The molecule has 0 spiro atoms. The van der Waals surface area contributed by atoms with E-state index in [0.717, 1.165) is 21.8 Å². The van der Waals surface area contributed by atoms with Crippen LogP contribution in [-0.2, 0) is 17.8 Å². The number of nitrogens with zero attached hydrogens (tertiary/aromatic N) is 3. The predicted octanol–water partition coefficient (Wildman–Crippen LogP) is 3.13. The van der Waals surface area contributed by atoms with Crippen LogP contribution in [0.5, 0.6) is 0 Å². The van der Waals surface area contributed by atoms with E-state index in [9.17, 15) is 9.59 Å². The molecule has 0 aliphatic carbocycles. The van der Waals surface area contributed by atoms with Gasteiger partial charge in [0, 0.05) is 37.5 Å². The van der Waals surface area contributed by atoms with Crippen molar-refractivity contribution in [2.75, 3.05) is 5.32 Å². The lowest BCUT2D eigenvalue weighted by molar-refractivity contribution is -0.121. The summed E-state index contributed by atoms with van der Waals surface area (Å²) < 4.78 is 0. The maximum absolute atomic E-state index is 12.2. The summed E-state index contributed by atoms with van der Waals surface area (Å²) in [7, 11) is 0. The van der Waals surface area contributed by atoms with Crippen molar-refractivity contribution in [2.45, 2.75) is 32.7 Å². The van der Waals surface area contributed by atoms with Gasteiger partial charge in [-0.2, -0.15) is 0 Å². The number of amides is 2. The molecule has 2 heterocycles. The molecule has 3 rings (SSSR count). The summed E-state index contributed by atoms with van der Waals surface area (Å²) in [5.74, 6) is -0.299. The molecule has 144 valence electrons. The summed E-state index contributed by atoms with van der Waals surface area (Å²) in [6.45, 7) is 2.45. The zero-order valence-electron chi connectivity index (χ0n) is 15.5. The normalized spacial score (nSPS) is 10.5. The highest BCUT2D eigenvalue weighted by Crippen LogP contribution is 2.15. The number of benzene rings is 1. The molecule has 0 saturated carbocycles. The lowest BCUT2D eigenvalue weighted by atomic mass is 10.2. The van der Waals surface area contributed by atoms with Gasteiger partial charge in [-0.25, -0.2) is 0 Å². The van der Waals surface area contributed by atoms with Crippen LogP contribution in [0.15, 0.2) is 48.8 Å². The molecular weight excluding hydrogens is 374 g/mol. The second kappa shape index (κ2) is 9.70. The first kappa shape index (κ1) is 19.6. The maximum atomic E-state index is 12.2. The number of aromatic nitrogens is 3. The van der Waals surface area contributed by atoms with E-state index < -0.39 is 0 Å². The van der Waals surface area contributed by atoms with Crippen LogP contribution in [0, 0.1) is 6.92 Å². The Hall–Kier alpha value is -3.13. The Balaban J connectivity index is 1.41. The Morgan fingerprint density at radius 2 is 1.93 bits per heavy atom. The van der Waals surface area contributed by atoms with Gasteiger partial charge >= 0.3 is 0 Å².